The minimum Gasteiger partial charge on any atom is -0.488 e. The van der Waals surface area contributed by atoms with Crippen molar-refractivity contribution in [2.24, 2.45) is 0 Å². The van der Waals surface area contributed by atoms with Crippen molar-refractivity contribution >= 4 is 16.0 Å². The minimum absolute atomic E-state index is 0.0689. The molecule has 0 heterocycles. The van der Waals surface area contributed by atoms with Crippen LogP contribution in [0.3, 0.4) is 0 Å². The maximum Gasteiger partial charge on any atom is 0.337 e. The molecular weight excluding hydrogens is 353 g/mol. The number of ether oxygens (including phenoxy) is 1. The highest BCUT2D eigenvalue weighted by Gasteiger charge is 2.22. The first kappa shape index (κ1) is 18.8. The summed E-state index contributed by atoms with van der Waals surface area (Å²) in [6.45, 7) is -0.769. The second-order valence-electron chi connectivity index (χ2n) is 5.05. The lowest BCUT2D eigenvalue weighted by molar-refractivity contribution is 0.0692. The Bertz CT molecular complexity index is 855. The molecule has 2 rings (SSSR count). The number of nitrogens with one attached hydrogen (secondary N) is 1. The summed E-state index contributed by atoms with van der Waals surface area (Å²) in [7, 11) is -4.14. The van der Waals surface area contributed by atoms with E-state index in [1.54, 1.807) is 6.07 Å². The van der Waals surface area contributed by atoms with Crippen LogP contribution in [0.5, 0.6) is 5.75 Å². The van der Waals surface area contributed by atoms with Gasteiger partial charge in [0.15, 0.2) is 11.6 Å². The zero-order valence-corrected chi connectivity index (χ0v) is 13.7. The van der Waals surface area contributed by atoms with Gasteiger partial charge in [-0.1, -0.05) is 24.3 Å². The number of aromatic carboxylic acids is 1. The van der Waals surface area contributed by atoms with E-state index in [1.807, 2.05) is 0 Å². The van der Waals surface area contributed by atoms with Gasteiger partial charge >= 0.3 is 5.97 Å². The van der Waals surface area contributed by atoms with E-state index in [4.69, 9.17) is 9.84 Å². The number of aliphatic hydroxyl groups is 1. The van der Waals surface area contributed by atoms with Gasteiger partial charge in [-0.3, -0.25) is 0 Å². The van der Waals surface area contributed by atoms with Crippen LogP contribution in [-0.2, 0) is 10.0 Å². The third-order valence-corrected chi connectivity index (χ3v) is 4.67. The van der Waals surface area contributed by atoms with Crippen LogP contribution >= 0.6 is 0 Å². The van der Waals surface area contributed by atoms with Gasteiger partial charge in [-0.25, -0.2) is 22.3 Å². The SMILES string of the molecule is O=C(O)c1ccccc1S(=O)(=O)NCC(O)COc1ccccc1F. The van der Waals surface area contributed by atoms with E-state index in [2.05, 4.69) is 4.72 Å². The summed E-state index contributed by atoms with van der Waals surface area (Å²) >= 11 is 0. The smallest absolute Gasteiger partial charge is 0.337 e. The molecule has 3 N–H and O–H groups in total. The second-order valence-corrected chi connectivity index (χ2v) is 6.78. The van der Waals surface area contributed by atoms with E-state index >= 15 is 0 Å². The first-order valence-corrected chi connectivity index (χ1v) is 8.67. The number of carbonyl (C=O) groups is 1. The highest BCUT2D eigenvalue weighted by atomic mass is 32.2. The average molecular weight is 369 g/mol. The predicted molar refractivity (Wildman–Crippen MR) is 86.5 cm³/mol. The van der Waals surface area contributed by atoms with Crippen molar-refractivity contribution < 1.29 is 32.6 Å². The topological polar surface area (TPSA) is 113 Å². The lowest BCUT2D eigenvalue weighted by Crippen LogP contribution is -2.35. The van der Waals surface area contributed by atoms with E-state index in [0.29, 0.717) is 0 Å². The maximum absolute atomic E-state index is 13.4. The fraction of sp³-hybridized carbons (Fsp3) is 0.188. The summed E-state index contributed by atoms with van der Waals surface area (Å²) in [4.78, 5) is 10.7. The number of halogens is 1. The molecule has 2 aromatic rings. The van der Waals surface area contributed by atoms with Crippen LogP contribution in [-0.4, -0.2) is 43.9 Å². The Hall–Kier alpha value is -2.49. The number of rotatable bonds is 8. The Labute approximate surface area is 143 Å². The monoisotopic (exact) mass is 369 g/mol. The Morgan fingerprint density at radius 2 is 1.80 bits per heavy atom. The van der Waals surface area contributed by atoms with Crippen LogP contribution in [0.15, 0.2) is 53.4 Å². The van der Waals surface area contributed by atoms with Crippen LogP contribution in [0.1, 0.15) is 10.4 Å². The third-order valence-electron chi connectivity index (χ3n) is 3.18. The fourth-order valence-electron chi connectivity index (χ4n) is 1.97. The van der Waals surface area contributed by atoms with Gasteiger partial charge in [-0.15, -0.1) is 0 Å². The van der Waals surface area contributed by atoms with Crippen LogP contribution in [0.25, 0.3) is 0 Å². The van der Waals surface area contributed by atoms with Gasteiger partial charge in [0.05, 0.1) is 10.5 Å². The summed E-state index contributed by atoms with van der Waals surface area (Å²) in [5.41, 5.74) is -0.382. The number of aliphatic hydroxyl groups excluding tert-OH is 1. The van der Waals surface area contributed by atoms with Gasteiger partial charge < -0.3 is 14.9 Å². The van der Waals surface area contributed by atoms with Crippen molar-refractivity contribution in [3.05, 3.63) is 59.9 Å². The van der Waals surface area contributed by atoms with E-state index in [1.165, 1.54) is 30.3 Å². The lowest BCUT2D eigenvalue weighted by atomic mass is 10.2. The Balaban J connectivity index is 1.98. The quantitative estimate of drug-likeness (QED) is 0.645. The van der Waals surface area contributed by atoms with Gasteiger partial charge in [0.1, 0.15) is 12.7 Å². The van der Waals surface area contributed by atoms with Crippen LogP contribution < -0.4 is 9.46 Å². The van der Waals surface area contributed by atoms with Crippen molar-refractivity contribution in [2.75, 3.05) is 13.2 Å². The summed E-state index contributed by atoms with van der Waals surface area (Å²) in [5, 5.41) is 18.8. The summed E-state index contributed by atoms with van der Waals surface area (Å²) in [6, 6.07) is 10.7. The van der Waals surface area contributed by atoms with Gasteiger partial charge in [-0.2, -0.15) is 0 Å². The number of hydrogen-bond donors (Lipinski definition) is 3. The molecule has 25 heavy (non-hydrogen) atoms. The Kier molecular flexibility index (Phi) is 6.07. The average Bonchev–Trinajstić information content (AvgIpc) is 2.59. The highest BCUT2D eigenvalue weighted by Crippen LogP contribution is 2.16. The number of hydrogen-bond acceptors (Lipinski definition) is 5. The summed E-state index contributed by atoms with van der Waals surface area (Å²) < 4.78 is 45.0. The highest BCUT2D eigenvalue weighted by molar-refractivity contribution is 7.89. The largest absolute Gasteiger partial charge is 0.488 e. The Morgan fingerprint density at radius 3 is 2.48 bits per heavy atom. The molecule has 0 saturated heterocycles. The molecule has 0 aromatic heterocycles. The molecule has 0 spiro atoms. The van der Waals surface area contributed by atoms with Crippen LogP contribution in [0.2, 0.25) is 0 Å². The molecule has 0 amide bonds. The van der Waals surface area contributed by atoms with E-state index < -0.39 is 39.4 Å². The van der Waals surface area contributed by atoms with Crippen molar-refractivity contribution in [2.45, 2.75) is 11.0 Å². The first-order chi connectivity index (χ1) is 11.8. The van der Waals surface area contributed by atoms with E-state index in [9.17, 15) is 22.7 Å². The molecule has 0 aliphatic heterocycles. The van der Waals surface area contributed by atoms with Crippen LogP contribution in [0, 0.1) is 5.82 Å². The maximum atomic E-state index is 13.4. The normalized spacial score (nSPS) is 12.6. The van der Waals surface area contributed by atoms with Gasteiger partial charge in [-0.05, 0) is 24.3 Å². The summed E-state index contributed by atoms with van der Waals surface area (Å²) in [5.74, 6) is -2.06. The second kappa shape index (κ2) is 8.06. The molecule has 134 valence electrons. The van der Waals surface area contributed by atoms with Crippen molar-refractivity contribution in [1.82, 2.24) is 4.72 Å². The zero-order chi connectivity index (χ0) is 18.4. The third kappa shape index (κ3) is 4.99. The standard InChI is InChI=1S/C16H16FNO6S/c17-13-6-2-3-7-14(13)24-10-11(19)9-18-25(22,23)15-8-4-1-5-12(15)16(20)21/h1-8,11,18-19H,9-10H2,(H,20,21). The van der Waals surface area contributed by atoms with E-state index in [-0.39, 0.29) is 17.9 Å². The van der Waals surface area contributed by atoms with E-state index in [0.717, 1.165) is 12.1 Å². The lowest BCUT2D eigenvalue weighted by Gasteiger charge is -2.14. The van der Waals surface area contributed by atoms with Gasteiger partial charge in [0, 0.05) is 6.54 Å². The molecule has 9 heteroatoms. The molecule has 0 aliphatic rings. The molecule has 0 saturated carbocycles. The molecule has 0 radical (unpaired) electrons. The van der Waals surface area contributed by atoms with Crippen LogP contribution in [0.4, 0.5) is 4.39 Å². The minimum atomic E-state index is -4.14. The number of sulfonamides is 1. The van der Waals surface area contributed by atoms with Gasteiger partial charge in [0.2, 0.25) is 10.0 Å². The van der Waals surface area contributed by atoms with Crippen molar-refractivity contribution in [3.63, 3.8) is 0 Å². The summed E-state index contributed by atoms with van der Waals surface area (Å²) in [6.07, 6.45) is -1.26. The Morgan fingerprint density at radius 1 is 1.16 bits per heavy atom. The number of para-hydroxylation sites is 1. The molecule has 1 atom stereocenters. The number of carboxylic acids is 1. The molecular formula is C16H16FNO6S. The molecule has 0 fully saturated rings. The van der Waals surface area contributed by atoms with Crippen molar-refractivity contribution in [1.29, 1.82) is 0 Å². The van der Waals surface area contributed by atoms with Crippen molar-refractivity contribution in [3.8, 4) is 5.75 Å². The predicted octanol–water partition coefficient (Wildman–Crippen LogP) is 1.24. The molecule has 2 aromatic carbocycles. The zero-order valence-electron chi connectivity index (χ0n) is 12.9. The molecule has 1 unspecified atom stereocenters. The fourth-order valence-corrected chi connectivity index (χ4v) is 3.24. The molecule has 0 aliphatic carbocycles. The number of carboxylic acid groups (broad SMARTS) is 1. The molecule has 7 nitrogen and oxygen atoms in total. The van der Waals surface area contributed by atoms with Gasteiger partial charge in [0.25, 0.3) is 0 Å². The number of benzene rings is 2. The molecule has 0 bridgehead atoms. The first-order valence-electron chi connectivity index (χ1n) is 7.18.